The minimum atomic E-state index is -0.107. The van der Waals surface area contributed by atoms with Gasteiger partial charge in [-0.15, -0.1) is 11.3 Å². The largest absolute Gasteiger partial charge is 0.348 e. The number of hydrogen-bond acceptors (Lipinski definition) is 5. The maximum atomic E-state index is 12.5. The second kappa shape index (κ2) is 6.92. The van der Waals surface area contributed by atoms with E-state index in [-0.39, 0.29) is 5.91 Å². The molecule has 136 valence electrons. The summed E-state index contributed by atoms with van der Waals surface area (Å²) in [5, 5.41) is 8.33. The highest BCUT2D eigenvalue weighted by molar-refractivity contribution is 7.21. The lowest BCUT2D eigenvalue weighted by Gasteiger charge is -2.04. The van der Waals surface area contributed by atoms with Crippen molar-refractivity contribution in [1.82, 2.24) is 25.1 Å². The second-order valence-electron chi connectivity index (χ2n) is 6.41. The molecule has 7 heteroatoms. The molecule has 1 N–H and O–H groups in total. The standard InChI is InChI=1S/C20H19N5OS/c1-12-18(13(2)25(3)24-12)20-23-16-7-6-15(9-17(16)27-20)19(26)22-11-14-5-4-8-21-10-14/h4-10H,11H2,1-3H3,(H,22,26). The number of hydrogen-bond donors (Lipinski definition) is 1. The molecular formula is C20H19N5OS. The molecule has 1 amide bonds. The highest BCUT2D eigenvalue weighted by Gasteiger charge is 2.16. The molecule has 0 atom stereocenters. The smallest absolute Gasteiger partial charge is 0.251 e. The molecule has 0 spiro atoms. The Morgan fingerprint density at radius 2 is 2.11 bits per heavy atom. The summed E-state index contributed by atoms with van der Waals surface area (Å²) in [5.41, 5.74) is 5.60. The molecule has 4 aromatic rings. The number of aromatic nitrogens is 4. The van der Waals surface area contributed by atoms with E-state index in [1.165, 1.54) is 0 Å². The van der Waals surface area contributed by atoms with Crippen LogP contribution < -0.4 is 5.32 Å². The Balaban J connectivity index is 1.60. The van der Waals surface area contributed by atoms with Gasteiger partial charge in [-0.05, 0) is 43.7 Å². The molecule has 0 radical (unpaired) electrons. The van der Waals surface area contributed by atoms with Crippen LogP contribution in [0.15, 0.2) is 42.7 Å². The van der Waals surface area contributed by atoms with Gasteiger partial charge in [-0.3, -0.25) is 14.5 Å². The Morgan fingerprint density at radius 1 is 1.26 bits per heavy atom. The molecule has 0 aliphatic heterocycles. The van der Waals surface area contributed by atoms with E-state index in [4.69, 9.17) is 4.98 Å². The molecule has 0 fully saturated rings. The van der Waals surface area contributed by atoms with Gasteiger partial charge in [0.2, 0.25) is 0 Å². The first-order valence-corrected chi connectivity index (χ1v) is 9.43. The molecule has 0 aliphatic carbocycles. The van der Waals surface area contributed by atoms with Gasteiger partial charge >= 0.3 is 0 Å². The van der Waals surface area contributed by atoms with E-state index >= 15 is 0 Å². The molecule has 0 unspecified atom stereocenters. The zero-order valence-corrected chi connectivity index (χ0v) is 16.2. The number of amides is 1. The quantitative estimate of drug-likeness (QED) is 0.589. The predicted octanol–water partition coefficient (Wildman–Crippen LogP) is 3.64. The van der Waals surface area contributed by atoms with E-state index in [0.29, 0.717) is 12.1 Å². The van der Waals surface area contributed by atoms with Crippen LogP contribution in [-0.4, -0.2) is 25.7 Å². The maximum absolute atomic E-state index is 12.5. The van der Waals surface area contributed by atoms with Gasteiger partial charge in [0, 0.05) is 37.2 Å². The number of nitrogens with one attached hydrogen (secondary N) is 1. The van der Waals surface area contributed by atoms with Gasteiger partial charge in [-0.2, -0.15) is 5.10 Å². The van der Waals surface area contributed by atoms with Crippen LogP contribution in [-0.2, 0) is 13.6 Å². The number of carbonyl (C=O) groups excluding carboxylic acids is 1. The number of nitrogens with zero attached hydrogens (tertiary/aromatic N) is 4. The van der Waals surface area contributed by atoms with Crippen LogP contribution in [0.4, 0.5) is 0 Å². The third kappa shape index (κ3) is 3.33. The lowest BCUT2D eigenvalue weighted by atomic mass is 10.2. The van der Waals surface area contributed by atoms with E-state index in [9.17, 15) is 4.79 Å². The summed E-state index contributed by atoms with van der Waals surface area (Å²) in [7, 11) is 1.93. The summed E-state index contributed by atoms with van der Waals surface area (Å²) in [6.45, 7) is 4.48. The monoisotopic (exact) mass is 377 g/mol. The first-order valence-electron chi connectivity index (χ1n) is 8.61. The average molecular weight is 377 g/mol. The van der Waals surface area contributed by atoms with Gasteiger partial charge in [-0.1, -0.05) is 6.07 Å². The molecule has 3 heterocycles. The van der Waals surface area contributed by atoms with Crippen LogP contribution in [0.5, 0.6) is 0 Å². The number of benzene rings is 1. The van der Waals surface area contributed by atoms with Gasteiger partial charge in [0.05, 0.1) is 21.5 Å². The summed E-state index contributed by atoms with van der Waals surface area (Å²) in [6, 6.07) is 9.40. The van der Waals surface area contributed by atoms with E-state index in [2.05, 4.69) is 15.4 Å². The zero-order chi connectivity index (χ0) is 19.0. The molecule has 0 aliphatic rings. The SMILES string of the molecule is Cc1nn(C)c(C)c1-c1nc2ccc(C(=O)NCc3cccnc3)cc2s1. The number of aryl methyl sites for hydroxylation is 2. The van der Waals surface area contributed by atoms with E-state index < -0.39 is 0 Å². The van der Waals surface area contributed by atoms with Gasteiger partial charge in [-0.25, -0.2) is 4.98 Å². The van der Waals surface area contributed by atoms with Gasteiger partial charge < -0.3 is 5.32 Å². The summed E-state index contributed by atoms with van der Waals surface area (Å²) in [5.74, 6) is -0.107. The Bertz CT molecular complexity index is 1130. The number of carbonyl (C=O) groups is 1. The second-order valence-corrected chi connectivity index (χ2v) is 7.45. The molecule has 0 bridgehead atoms. The molecule has 27 heavy (non-hydrogen) atoms. The lowest BCUT2D eigenvalue weighted by Crippen LogP contribution is -2.22. The van der Waals surface area contributed by atoms with Crippen molar-refractivity contribution in [2.75, 3.05) is 0 Å². The van der Waals surface area contributed by atoms with E-state index in [0.717, 1.165) is 37.7 Å². The Kier molecular flexibility index (Phi) is 4.45. The highest BCUT2D eigenvalue weighted by Crippen LogP contribution is 2.34. The third-order valence-corrected chi connectivity index (χ3v) is 5.59. The molecule has 1 aromatic carbocycles. The van der Waals surface area contributed by atoms with Gasteiger partial charge in [0.25, 0.3) is 5.91 Å². The predicted molar refractivity (Wildman–Crippen MR) is 107 cm³/mol. The Morgan fingerprint density at radius 3 is 2.81 bits per heavy atom. The van der Waals surface area contributed by atoms with E-state index in [1.807, 2.05) is 55.9 Å². The number of rotatable bonds is 4. The molecule has 0 saturated heterocycles. The van der Waals surface area contributed by atoms with E-state index in [1.54, 1.807) is 23.7 Å². The number of pyridine rings is 1. The summed E-state index contributed by atoms with van der Waals surface area (Å²) in [6.07, 6.45) is 3.46. The fraction of sp³-hybridized carbons (Fsp3) is 0.200. The van der Waals surface area contributed by atoms with Gasteiger partial charge in [0.15, 0.2) is 0 Å². The highest BCUT2D eigenvalue weighted by atomic mass is 32.1. The molecule has 3 aromatic heterocycles. The van der Waals surface area contributed by atoms with Crippen LogP contribution in [0.3, 0.4) is 0 Å². The normalized spacial score (nSPS) is 11.1. The van der Waals surface area contributed by atoms with Gasteiger partial charge in [0.1, 0.15) is 5.01 Å². The minimum Gasteiger partial charge on any atom is -0.348 e. The van der Waals surface area contributed by atoms with Crippen LogP contribution in [0.1, 0.15) is 27.3 Å². The number of thiazole rings is 1. The fourth-order valence-corrected chi connectivity index (χ4v) is 4.20. The number of fused-ring (bicyclic) bond motifs is 1. The van der Waals surface area contributed by atoms with Crippen molar-refractivity contribution < 1.29 is 4.79 Å². The molecular weight excluding hydrogens is 358 g/mol. The lowest BCUT2D eigenvalue weighted by molar-refractivity contribution is 0.0951. The van der Waals surface area contributed by atoms with Crippen molar-refractivity contribution in [2.24, 2.45) is 7.05 Å². The van der Waals surface area contributed by atoms with Crippen molar-refractivity contribution in [2.45, 2.75) is 20.4 Å². The molecule has 0 saturated carbocycles. The summed E-state index contributed by atoms with van der Waals surface area (Å²) < 4.78 is 2.86. The maximum Gasteiger partial charge on any atom is 0.251 e. The van der Waals surface area contributed by atoms with Crippen LogP contribution in [0, 0.1) is 13.8 Å². The fourth-order valence-electron chi connectivity index (χ4n) is 3.04. The Hall–Kier alpha value is -3.06. The Labute approximate surface area is 160 Å². The molecule has 6 nitrogen and oxygen atoms in total. The molecule has 4 rings (SSSR count). The van der Waals surface area contributed by atoms with Crippen molar-refractivity contribution in [3.8, 4) is 10.6 Å². The summed E-state index contributed by atoms with van der Waals surface area (Å²) >= 11 is 1.58. The van der Waals surface area contributed by atoms with Crippen molar-refractivity contribution >= 4 is 27.5 Å². The first-order chi connectivity index (χ1) is 13.0. The average Bonchev–Trinajstić information content (AvgIpc) is 3.19. The minimum absolute atomic E-state index is 0.107. The van der Waals surface area contributed by atoms with Crippen LogP contribution in [0.25, 0.3) is 20.8 Å². The zero-order valence-electron chi connectivity index (χ0n) is 15.4. The summed E-state index contributed by atoms with van der Waals surface area (Å²) in [4.78, 5) is 21.3. The van der Waals surface area contributed by atoms with Crippen LogP contribution >= 0.6 is 11.3 Å². The van der Waals surface area contributed by atoms with Crippen molar-refractivity contribution in [1.29, 1.82) is 0 Å². The van der Waals surface area contributed by atoms with Crippen molar-refractivity contribution in [3.05, 3.63) is 65.2 Å². The first kappa shape index (κ1) is 17.4. The van der Waals surface area contributed by atoms with Crippen molar-refractivity contribution in [3.63, 3.8) is 0 Å². The third-order valence-electron chi connectivity index (χ3n) is 4.55. The topological polar surface area (TPSA) is 72.7 Å². The van der Waals surface area contributed by atoms with Crippen LogP contribution in [0.2, 0.25) is 0 Å².